The Morgan fingerprint density at radius 2 is 1.47 bits per heavy atom. The number of sulfonamides is 1. The highest BCUT2D eigenvalue weighted by atomic mass is 79.9. The van der Waals surface area contributed by atoms with Gasteiger partial charge in [-0.25, -0.2) is 8.42 Å². The van der Waals surface area contributed by atoms with Crippen molar-refractivity contribution in [3.8, 4) is 23.0 Å². The Labute approximate surface area is 273 Å². The molecule has 0 saturated carbocycles. The van der Waals surface area contributed by atoms with Crippen molar-refractivity contribution < 1.29 is 37.0 Å². The number of nitrogens with zero attached hydrogens (tertiary/aromatic N) is 2. The van der Waals surface area contributed by atoms with Crippen molar-refractivity contribution in [3.05, 3.63) is 70.7 Å². The van der Waals surface area contributed by atoms with Gasteiger partial charge in [-0.1, -0.05) is 35.0 Å². The van der Waals surface area contributed by atoms with Crippen LogP contribution in [0.25, 0.3) is 0 Å². The average molecular weight is 707 g/mol. The molecule has 244 valence electrons. The Morgan fingerprint density at radius 3 is 2.04 bits per heavy atom. The Bertz CT molecular complexity index is 1580. The second kappa shape index (κ2) is 15.8. The first kappa shape index (κ1) is 35.5. The van der Waals surface area contributed by atoms with E-state index in [0.717, 1.165) is 14.3 Å². The molecule has 3 rings (SSSR count). The lowest BCUT2D eigenvalue weighted by molar-refractivity contribution is -0.139. The van der Waals surface area contributed by atoms with E-state index in [0.29, 0.717) is 17.9 Å². The van der Waals surface area contributed by atoms with E-state index in [1.54, 1.807) is 19.1 Å². The van der Waals surface area contributed by atoms with E-state index >= 15 is 0 Å². The predicted octanol–water partition coefficient (Wildman–Crippen LogP) is 5.01. The lowest BCUT2D eigenvalue weighted by Gasteiger charge is -2.33. The minimum Gasteiger partial charge on any atom is -0.497 e. The third kappa shape index (κ3) is 8.60. The summed E-state index contributed by atoms with van der Waals surface area (Å²) in [5.74, 6) is 0.0877. The van der Waals surface area contributed by atoms with E-state index in [4.69, 9.17) is 18.9 Å². The fourth-order valence-electron chi connectivity index (χ4n) is 4.44. The van der Waals surface area contributed by atoms with E-state index in [9.17, 15) is 18.0 Å². The van der Waals surface area contributed by atoms with Gasteiger partial charge in [0.2, 0.25) is 11.8 Å². The van der Waals surface area contributed by atoms with E-state index in [-0.39, 0.29) is 40.6 Å². The van der Waals surface area contributed by atoms with Crippen molar-refractivity contribution in [2.45, 2.75) is 50.7 Å². The Kier molecular flexibility index (Phi) is 12.5. The fourth-order valence-corrected chi connectivity index (χ4v) is 6.14. The van der Waals surface area contributed by atoms with E-state index in [1.807, 2.05) is 38.1 Å². The molecule has 3 aromatic carbocycles. The van der Waals surface area contributed by atoms with Crippen molar-refractivity contribution in [1.82, 2.24) is 10.2 Å². The lowest BCUT2D eigenvalue weighted by Crippen LogP contribution is -2.52. The zero-order valence-corrected chi connectivity index (χ0v) is 28.9. The average Bonchev–Trinajstić information content (AvgIpc) is 3.05. The molecule has 1 N–H and O–H groups in total. The number of carbonyl (C=O) groups is 2. The second-order valence-electron chi connectivity index (χ2n) is 10.2. The molecule has 0 radical (unpaired) electrons. The summed E-state index contributed by atoms with van der Waals surface area (Å²) in [6, 6.07) is 15.1. The van der Waals surface area contributed by atoms with E-state index in [1.165, 1.54) is 57.6 Å². The summed E-state index contributed by atoms with van der Waals surface area (Å²) in [6.07, 6.45) is 0.700. The van der Waals surface area contributed by atoms with E-state index in [2.05, 4.69) is 21.2 Å². The molecule has 0 aliphatic heterocycles. The molecule has 2 atom stereocenters. The largest absolute Gasteiger partial charge is 0.497 e. The SMILES string of the molecule is CC[C@H](C)NC(=O)[C@@H](C)N(Cc1ccc(Br)cc1)C(=O)CN(c1cc(OC)ccc1OC)S(=O)(=O)c1ccc(OC)c(OC)c1. The second-order valence-corrected chi connectivity index (χ2v) is 13.0. The number of anilines is 1. The van der Waals surface area contributed by atoms with Crippen LogP contribution in [0.1, 0.15) is 32.8 Å². The molecule has 45 heavy (non-hydrogen) atoms. The third-order valence-electron chi connectivity index (χ3n) is 7.31. The number of rotatable bonds is 15. The Hall–Kier alpha value is -3.97. The summed E-state index contributed by atoms with van der Waals surface area (Å²) in [4.78, 5) is 28.8. The van der Waals surface area contributed by atoms with Gasteiger partial charge in [0, 0.05) is 29.2 Å². The lowest BCUT2D eigenvalue weighted by atomic mass is 10.1. The maximum absolute atomic E-state index is 14.4. The van der Waals surface area contributed by atoms with Crippen LogP contribution in [0.5, 0.6) is 23.0 Å². The van der Waals surface area contributed by atoms with Gasteiger partial charge in [-0.3, -0.25) is 13.9 Å². The van der Waals surface area contributed by atoms with Crippen molar-refractivity contribution in [1.29, 1.82) is 0 Å². The highest BCUT2D eigenvalue weighted by Crippen LogP contribution is 2.37. The van der Waals surface area contributed by atoms with Gasteiger partial charge in [0.15, 0.2) is 11.5 Å². The van der Waals surface area contributed by atoms with Gasteiger partial charge >= 0.3 is 0 Å². The molecule has 0 aliphatic rings. The number of hydrogen-bond acceptors (Lipinski definition) is 8. The number of methoxy groups -OCH3 is 4. The topological polar surface area (TPSA) is 124 Å². The summed E-state index contributed by atoms with van der Waals surface area (Å²) in [5.41, 5.74) is 0.822. The highest BCUT2D eigenvalue weighted by molar-refractivity contribution is 9.10. The Morgan fingerprint density at radius 1 is 0.844 bits per heavy atom. The van der Waals surface area contributed by atoms with Crippen LogP contribution in [-0.4, -0.2) is 72.2 Å². The van der Waals surface area contributed by atoms with Gasteiger partial charge in [0.05, 0.1) is 39.0 Å². The van der Waals surface area contributed by atoms with Crippen LogP contribution in [0, 0.1) is 0 Å². The minimum absolute atomic E-state index is 0.0562. The quantitative estimate of drug-likeness (QED) is 0.234. The molecule has 3 aromatic rings. The molecular formula is C32H40BrN3O8S. The van der Waals surface area contributed by atoms with Crippen LogP contribution >= 0.6 is 15.9 Å². The van der Waals surface area contributed by atoms with Crippen molar-refractivity contribution >= 4 is 43.5 Å². The summed E-state index contributed by atoms with van der Waals surface area (Å²) in [5, 5.41) is 2.92. The summed E-state index contributed by atoms with van der Waals surface area (Å²) in [7, 11) is 1.24. The number of hydrogen-bond donors (Lipinski definition) is 1. The standard InChI is InChI=1S/C32H40BrN3O8S/c1-8-21(2)34-32(38)22(3)35(19-23-9-11-24(33)12-10-23)31(37)20-36(27-17-25(41-4)13-15-28(27)42-5)45(39,40)26-14-16-29(43-6)30(18-26)44-7/h9-18,21-22H,8,19-20H2,1-7H3,(H,34,38)/t21-,22+/m0/s1. The van der Waals surface area contributed by atoms with Gasteiger partial charge in [-0.05, 0) is 62.2 Å². The maximum Gasteiger partial charge on any atom is 0.265 e. The monoisotopic (exact) mass is 705 g/mol. The Balaban J connectivity index is 2.16. The first-order chi connectivity index (χ1) is 21.4. The molecule has 13 heteroatoms. The van der Waals surface area contributed by atoms with Gasteiger partial charge < -0.3 is 29.2 Å². The number of amides is 2. The van der Waals surface area contributed by atoms with Crippen LogP contribution in [0.15, 0.2) is 70.0 Å². The van der Waals surface area contributed by atoms with Crippen LogP contribution in [0.4, 0.5) is 5.69 Å². The molecule has 2 amide bonds. The van der Waals surface area contributed by atoms with Crippen molar-refractivity contribution in [2.75, 3.05) is 39.3 Å². The fraction of sp³-hybridized carbons (Fsp3) is 0.375. The number of carbonyl (C=O) groups excluding carboxylic acids is 2. The highest BCUT2D eigenvalue weighted by Gasteiger charge is 2.35. The van der Waals surface area contributed by atoms with Crippen LogP contribution in [-0.2, 0) is 26.2 Å². The summed E-state index contributed by atoms with van der Waals surface area (Å²) in [6.45, 7) is 4.84. The predicted molar refractivity (Wildman–Crippen MR) is 176 cm³/mol. The molecule has 0 fully saturated rings. The number of nitrogens with one attached hydrogen (secondary N) is 1. The first-order valence-corrected chi connectivity index (χ1v) is 16.4. The molecule has 0 aromatic heterocycles. The van der Waals surface area contributed by atoms with Crippen molar-refractivity contribution in [3.63, 3.8) is 0 Å². The normalized spacial score (nSPS) is 12.4. The number of halogens is 1. The van der Waals surface area contributed by atoms with Gasteiger partial charge in [0.1, 0.15) is 24.1 Å². The number of ether oxygens (including phenoxy) is 4. The summed E-state index contributed by atoms with van der Waals surface area (Å²) >= 11 is 3.42. The van der Waals surface area contributed by atoms with Gasteiger partial charge in [0.25, 0.3) is 10.0 Å². The molecule has 0 aliphatic carbocycles. The number of benzene rings is 3. The van der Waals surface area contributed by atoms with Crippen LogP contribution in [0.2, 0.25) is 0 Å². The van der Waals surface area contributed by atoms with Gasteiger partial charge in [-0.2, -0.15) is 0 Å². The molecule has 0 bridgehead atoms. The maximum atomic E-state index is 14.4. The molecular weight excluding hydrogens is 666 g/mol. The zero-order chi connectivity index (χ0) is 33.3. The van der Waals surface area contributed by atoms with Crippen LogP contribution < -0.4 is 28.6 Å². The molecule has 0 unspecified atom stereocenters. The van der Waals surface area contributed by atoms with Crippen molar-refractivity contribution in [2.24, 2.45) is 0 Å². The molecule has 0 saturated heterocycles. The zero-order valence-electron chi connectivity index (χ0n) is 26.5. The smallest absolute Gasteiger partial charge is 0.265 e. The molecule has 0 spiro atoms. The first-order valence-electron chi connectivity index (χ1n) is 14.2. The van der Waals surface area contributed by atoms with Gasteiger partial charge in [-0.15, -0.1) is 0 Å². The molecule has 0 heterocycles. The van der Waals surface area contributed by atoms with Crippen LogP contribution in [0.3, 0.4) is 0 Å². The minimum atomic E-state index is -4.44. The summed E-state index contributed by atoms with van der Waals surface area (Å²) < 4.78 is 52.1. The van der Waals surface area contributed by atoms with E-state index < -0.39 is 28.5 Å². The third-order valence-corrected chi connectivity index (χ3v) is 9.60. The molecule has 11 nitrogen and oxygen atoms in total.